The van der Waals surface area contributed by atoms with Crippen LogP contribution < -0.4 is 30.9 Å². The molecule has 3 aromatic carbocycles. The average molecular weight is 860 g/mol. The lowest BCUT2D eigenvalue weighted by atomic mass is 9.89. The van der Waals surface area contributed by atoms with Gasteiger partial charge in [0.15, 0.2) is 11.6 Å². The van der Waals surface area contributed by atoms with Crippen molar-refractivity contribution in [2.75, 3.05) is 73.8 Å². The van der Waals surface area contributed by atoms with Gasteiger partial charge >= 0.3 is 0 Å². The van der Waals surface area contributed by atoms with Gasteiger partial charge in [0.25, 0.3) is 0 Å². The molecule has 1 unspecified atom stereocenters. The van der Waals surface area contributed by atoms with E-state index >= 15 is 0 Å². The van der Waals surface area contributed by atoms with Crippen molar-refractivity contribution in [3.63, 3.8) is 0 Å². The van der Waals surface area contributed by atoms with Crippen molar-refractivity contribution < 1.29 is 23.9 Å². The number of amides is 3. The van der Waals surface area contributed by atoms with Crippen molar-refractivity contribution in [2.45, 2.75) is 44.6 Å². The van der Waals surface area contributed by atoms with Crippen LogP contribution in [0.25, 0.3) is 11.1 Å². The van der Waals surface area contributed by atoms with E-state index in [1.54, 1.807) is 30.0 Å². The molecule has 0 bridgehead atoms. The zero-order valence-corrected chi connectivity index (χ0v) is 35.7. The lowest BCUT2D eigenvalue weighted by molar-refractivity contribution is -0.134. The first-order valence-electron chi connectivity index (χ1n) is 20.8. The first-order chi connectivity index (χ1) is 30.0. The first kappa shape index (κ1) is 42.2. The molecule has 5 heterocycles. The van der Waals surface area contributed by atoms with Crippen LogP contribution in [0, 0.1) is 0 Å². The Morgan fingerprint density at radius 1 is 0.919 bits per heavy atom. The fourth-order valence-electron chi connectivity index (χ4n) is 8.35. The lowest BCUT2D eigenvalue weighted by Gasteiger charge is -2.39. The highest BCUT2D eigenvalue weighted by atomic mass is 35.5. The SMILES string of the molecule is COc1cc(N2CCN(C(=O)CN3CCC(c4ccc(NC5CCC(=O)NC5=O)cc4)CC3)CC2)c(-c2cnn(C)c2)cc1Nc1ncc(Cl)c(Nc2ccccc2C(C)=O)n1. The molecule has 5 aromatic rings. The number of hydrogen-bond donors (Lipinski definition) is 4. The molecule has 0 aliphatic carbocycles. The number of aromatic nitrogens is 4. The van der Waals surface area contributed by atoms with Crippen molar-refractivity contribution in [1.29, 1.82) is 0 Å². The minimum absolute atomic E-state index is 0.0885. The van der Waals surface area contributed by atoms with Crippen molar-refractivity contribution in [2.24, 2.45) is 7.05 Å². The van der Waals surface area contributed by atoms with E-state index in [0.29, 0.717) is 80.0 Å². The predicted octanol–water partition coefficient (Wildman–Crippen LogP) is 5.97. The Kier molecular flexibility index (Phi) is 12.7. The Morgan fingerprint density at radius 2 is 1.68 bits per heavy atom. The van der Waals surface area contributed by atoms with Gasteiger partial charge in [0.05, 0.1) is 37.4 Å². The summed E-state index contributed by atoms with van der Waals surface area (Å²) < 4.78 is 7.67. The number of halogens is 1. The molecule has 16 nitrogen and oxygen atoms in total. The number of imide groups is 1. The summed E-state index contributed by atoms with van der Waals surface area (Å²) in [6.07, 6.45) is 8.02. The van der Waals surface area contributed by atoms with Gasteiger partial charge in [0.1, 0.15) is 16.8 Å². The number of anilines is 6. The second-order valence-electron chi connectivity index (χ2n) is 15.9. The Hall–Kier alpha value is -6.52. The number of aryl methyl sites for hydroxylation is 1. The number of nitrogens with one attached hydrogen (secondary N) is 4. The molecule has 17 heteroatoms. The molecule has 0 saturated carbocycles. The number of piperidine rings is 2. The molecule has 0 radical (unpaired) electrons. The van der Waals surface area contributed by atoms with Crippen LogP contribution in [0.3, 0.4) is 0 Å². The molecule has 8 rings (SSSR count). The third-order valence-electron chi connectivity index (χ3n) is 11.8. The number of benzene rings is 3. The Bertz CT molecular complexity index is 2460. The van der Waals surface area contributed by atoms with Crippen LogP contribution >= 0.6 is 11.6 Å². The van der Waals surface area contributed by atoms with Crippen LogP contribution in [-0.2, 0) is 21.4 Å². The average Bonchev–Trinajstić information content (AvgIpc) is 3.72. The van der Waals surface area contributed by atoms with Gasteiger partial charge in [-0.3, -0.25) is 34.1 Å². The van der Waals surface area contributed by atoms with Gasteiger partial charge in [-0.05, 0) is 81.1 Å². The van der Waals surface area contributed by atoms with Gasteiger partial charge in [0, 0.05) is 80.0 Å². The number of para-hydroxylation sites is 1. The number of carbonyl (C=O) groups excluding carboxylic acids is 4. The van der Waals surface area contributed by atoms with Gasteiger partial charge in [-0.2, -0.15) is 10.1 Å². The highest BCUT2D eigenvalue weighted by Gasteiger charge is 2.29. The highest BCUT2D eigenvalue weighted by molar-refractivity contribution is 6.33. The standard InChI is InChI=1S/C45H50ClN11O5/c1-28(58)33-6-4-5-7-36(33)50-43-35(46)25-47-45(53-43)51-38-22-34(31-24-48-54(2)26-31)39(23-40(38)62-3)56-18-20-57(21-19-56)42(60)27-55-16-14-30(15-17-55)29-8-10-32(11-9-29)49-37-12-13-41(59)52-44(37)61/h4-11,22-26,30,37,49H,12-21,27H2,1-3H3,(H,52,59,61)(H2,47,50,51,53). The molecule has 3 amide bonds. The number of Topliss-reactive ketones (excluding diaryl/α,β-unsaturated/α-hetero) is 1. The monoisotopic (exact) mass is 859 g/mol. The van der Waals surface area contributed by atoms with E-state index in [9.17, 15) is 19.2 Å². The molecular weight excluding hydrogens is 810 g/mol. The molecule has 0 spiro atoms. The molecule has 3 aliphatic heterocycles. The Labute approximate surface area is 365 Å². The second-order valence-corrected chi connectivity index (χ2v) is 16.3. The molecule has 1 atom stereocenters. The predicted molar refractivity (Wildman–Crippen MR) is 239 cm³/mol. The summed E-state index contributed by atoms with van der Waals surface area (Å²) >= 11 is 6.51. The van der Waals surface area contributed by atoms with E-state index in [0.717, 1.165) is 48.4 Å². The van der Waals surface area contributed by atoms with Crippen molar-refractivity contribution in [3.8, 4) is 16.9 Å². The largest absolute Gasteiger partial charge is 0.494 e. The van der Waals surface area contributed by atoms with Crippen LogP contribution in [0.4, 0.5) is 34.5 Å². The number of ether oxygens (including phenoxy) is 1. The minimum atomic E-state index is -0.410. The number of nitrogens with zero attached hydrogens (tertiary/aromatic N) is 7. The molecule has 3 aliphatic rings. The van der Waals surface area contributed by atoms with Crippen molar-refractivity contribution in [3.05, 3.63) is 95.4 Å². The van der Waals surface area contributed by atoms with E-state index < -0.39 is 6.04 Å². The molecule has 62 heavy (non-hydrogen) atoms. The number of hydrogen-bond acceptors (Lipinski definition) is 13. The van der Waals surface area contributed by atoms with Gasteiger partial charge < -0.3 is 30.5 Å². The summed E-state index contributed by atoms with van der Waals surface area (Å²) in [5.41, 5.74) is 6.62. The molecule has 2 aromatic heterocycles. The number of piperazine rings is 1. The van der Waals surface area contributed by atoms with Crippen molar-refractivity contribution in [1.82, 2.24) is 34.9 Å². The summed E-state index contributed by atoms with van der Waals surface area (Å²) in [6.45, 7) is 6.04. The first-order valence-corrected chi connectivity index (χ1v) is 21.2. The number of methoxy groups -OCH3 is 1. The third kappa shape index (κ3) is 9.66. The fraction of sp³-hybridized carbons (Fsp3) is 0.356. The summed E-state index contributed by atoms with van der Waals surface area (Å²) in [5.74, 6) is 1.12. The number of rotatable bonds is 13. The third-order valence-corrected chi connectivity index (χ3v) is 12.0. The quantitative estimate of drug-likeness (QED) is 0.0805. The molecular formula is C45H50ClN11O5. The molecule has 322 valence electrons. The van der Waals surface area contributed by atoms with E-state index in [1.807, 2.05) is 54.7 Å². The van der Waals surface area contributed by atoms with Crippen LogP contribution in [0.15, 0.2) is 79.3 Å². The fourth-order valence-corrected chi connectivity index (χ4v) is 8.49. The van der Waals surface area contributed by atoms with Crippen LogP contribution in [-0.4, -0.2) is 112 Å². The normalized spacial score (nSPS) is 17.4. The summed E-state index contributed by atoms with van der Waals surface area (Å²) in [5, 5.41) is 16.9. The van der Waals surface area contributed by atoms with Crippen LogP contribution in [0.2, 0.25) is 5.02 Å². The number of ketones is 1. The van der Waals surface area contributed by atoms with Gasteiger partial charge in [0.2, 0.25) is 23.7 Å². The van der Waals surface area contributed by atoms with Gasteiger partial charge in [-0.25, -0.2) is 4.98 Å². The van der Waals surface area contributed by atoms with Crippen molar-refractivity contribution >= 4 is 69.6 Å². The highest BCUT2D eigenvalue weighted by Crippen LogP contribution is 2.41. The summed E-state index contributed by atoms with van der Waals surface area (Å²) in [4.78, 5) is 65.1. The topological polar surface area (TPSA) is 179 Å². The van der Waals surface area contributed by atoms with E-state index in [4.69, 9.17) is 16.3 Å². The van der Waals surface area contributed by atoms with Gasteiger partial charge in [-0.15, -0.1) is 0 Å². The Morgan fingerprint density at radius 3 is 2.37 bits per heavy atom. The molecule has 4 N–H and O–H groups in total. The summed E-state index contributed by atoms with van der Waals surface area (Å²) in [6, 6.07) is 19.0. The van der Waals surface area contributed by atoms with Crippen LogP contribution in [0.5, 0.6) is 5.75 Å². The smallest absolute Gasteiger partial charge is 0.249 e. The van der Waals surface area contributed by atoms with Gasteiger partial charge in [-0.1, -0.05) is 35.9 Å². The maximum Gasteiger partial charge on any atom is 0.249 e. The van der Waals surface area contributed by atoms with E-state index in [2.05, 4.69) is 58.3 Å². The number of likely N-dealkylation sites (tertiary alicyclic amines) is 1. The minimum Gasteiger partial charge on any atom is -0.494 e. The van der Waals surface area contributed by atoms with Crippen LogP contribution in [0.1, 0.15) is 54.4 Å². The second kappa shape index (κ2) is 18.6. The zero-order valence-electron chi connectivity index (χ0n) is 35.0. The van der Waals surface area contributed by atoms with E-state index in [1.165, 1.54) is 18.7 Å². The maximum absolute atomic E-state index is 13.6. The Balaban J connectivity index is 0.889. The summed E-state index contributed by atoms with van der Waals surface area (Å²) in [7, 11) is 3.49. The lowest BCUT2D eigenvalue weighted by Crippen LogP contribution is -2.52. The molecule has 3 fully saturated rings. The van der Waals surface area contributed by atoms with E-state index in [-0.39, 0.29) is 34.5 Å². The molecule has 3 saturated heterocycles. The zero-order chi connectivity index (χ0) is 43.3. The number of carbonyl (C=O) groups is 4. The maximum atomic E-state index is 13.6.